The molecule has 0 aliphatic heterocycles. The minimum absolute atomic E-state index is 0.165. The lowest BCUT2D eigenvalue weighted by Crippen LogP contribution is -2.16. The number of nitrogens with zero attached hydrogens (tertiary/aromatic N) is 1. The molecule has 34 heavy (non-hydrogen) atoms. The van der Waals surface area contributed by atoms with Crippen LogP contribution in [0.3, 0.4) is 0 Å². The van der Waals surface area contributed by atoms with Crippen LogP contribution in [0.1, 0.15) is 34.2 Å². The van der Waals surface area contributed by atoms with E-state index in [-0.39, 0.29) is 5.76 Å². The van der Waals surface area contributed by atoms with E-state index in [0.717, 1.165) is 15.4 Å². The predicted octanol–water partition coefficient (Wildman–Crippen LogP) is 6.90. The second kappa shape index (κ2) is 10.8. The maximum absolute atomic E-state index is 12.4. The number of furan rings is 1. The fourth-order valence-electron chi connectivity index (χ4n) is 3.25. The SMILES string of the molecule is CCOc1cc(/C=N/NC(=O)c2cc3cc(Br)ccc3o2)cc(Cl)c1OCc1ccc(C)cc1. The molecule has 0 saturated heterocycles. The van der Waals surface area contributed by atoms with Gasteiger partial charge in [0.15, 0.2) is 17.3 Å². The van der Waals surface area contributed by atoms with Crippen LogP contribution >= 0.6 is 27.5 Å². The van der Waals surface area contributed by atoms with Gasteiger partial charge in [-0.1, -0.05) is 57.4 Å². The van der Waals surface area contributed by atoms with Crippen LogP contribution in [-0.2, 0) is 6.61 Å². The molecule has 0 bridgehead atoms. The number of rotatable bonds is 8. The van der Waals surface area contributed by atoms with Crippen LogP contribution in [-0.4, -0.2) is 18.7 Å². The molecular formula is C26H22BrClN2O4. The summed E-state index contributed by atoms with van der Waals surface area (Å²) < 4.78 is 18.2. The quantitative estimate of drug-likeness (QED) is 0.195. The van der Waals surface area contributed by atoms with Crippen LogP contribution in [0, 0.1) is 6.92 Å². The minimum Gasteiger partial charge on any atom is -0.490 e. The predicted molar refractivity (Wildman–Crippen MR) is 137 cm³/mol. The Balaban J connectivity index is 1.46. The summed E-state index contributed by atoms with van der Waals surface area (Å²) in [5.41, 5.74) is 5.94. The Kier molecular flexibility index (Phi) is 7.55. The highest BCUT2D eigenvalue weighted by Gasteiger charge is 2.14. The molecule has 0 radical (unpaired) electrons. The Morgan fingerprint density at radius 3 is 2.68 bits per heavy atom. The molecule has 0 spiro atoms. The number of ether oxygens (including phenoxy) is 2. The number of fused-ring (bicyclic) bond motifs is 1. The molecule has 0 atom stereocenters. The van der Waals surface area contributed by atoms with Gasteiger partial charge in [-0.3, -0.25) is 4.79 Å². The second-order valence-corrected chi connectivity index (χ2v) is 8.85. The third kappa shape index (κ3) is 5.79. The summed E-state index contributed by atoms with van der Waals surface area (Å²) in [6.45, 7) is 4.71. The zero-order chi connectivity index (χ0) is 24.1. The maximum atomic E-state index is 12.4. The lowest BCUT2D eigenvalue weighted by atomic mass is 10.1. The van der Waals surface area contributed by atoms with Gasteiger partial charge in [0.25, 0.3) is 0 Å². The van der Waals surface area contributed by atoms with Gasteiger partial charge in [-0.15, -0.1) is 0 Å². The first kappa shape index (κ1) is 23.9. The number of benzene rings is 3. The first-order valence-corrected chi connectivity index (χ1v) is 11.8. The summed E-state index contributed by atoms with van der Waals surface area (Å²) >= 11 is 9.89. The van der Waals surface area contributed by atoms with E-state index in [2.05, 4.69) is 26.5 Å². The summed E-state index contributed by atoms with van der Waals surface area (Å²) in [6, 6.07) is 18.7. The van der Waals surface area contributed by atoms with Gasteiger partial charge in [0.2, 0.25) is 0 Å². The fraction of sp³-hybridized carbons (Fsp3) is 0.154. The van der Waals surface area contributed by atoms with Crippen LogP contribution in [0.2, 0.25) is 5.02 Å². The number of hydrazone groups is 1. The second-order valence-electron chi connectivity index (χ2n) is 7.53. The Labute approximate surface area is 210 Å². The van der Waals surface area contributed by atoms with Crippen molar-refractivity contribution in [2.75, 3.05) is 6.61 Å². The van der Waals surface area contributed by atoms with E-state index in [1.807, 2.05) is 50.2 Å². The zero-order valence-corrected chi connectivity index (χ0v) is 20.9. The van der Waals surface area contributed by atoms with Crippen molar-refractivity contribution >= 4 is 50.6 Å². The standard InChI is InChI=1S/C26H22BrClN2O4/c1-3-32-23-11-18(10-21(28)25(23)33-15-17-6-4-16(2)5-7-17)14-29-30-26(31)24-13-19-12-20(27)8-9-22(19)34-24/h4-14H,3,15H2,1-2H3,(H,30,31)/b29-14+. The van der Waals surface area contributed by atoms with Crippen molar-refractivity contribution < 1.29 is 18.7 Å². The summed E-state index contributed by atoms with van der Waals surface area (Å²) in [4.78, 5) is 12.4. The highest BCUT2D eigenvalue weighted by atomic mass is 79.9. The molecule has 174 valence electrons. The molecular weight excluding hydrogens is 520 g/mol. The van der Waals surface area contributed by atoms with E-state index in [1.54, 1.807) is 24.3 Å². The molecule has 0 saturated carbocycles. The van der Waals surface area contributed by atoms with E-state index in [1.165, 1.54) is 11.8 Å². The number of hydrogen-bond acceptors (Lipinski definition) is 5. The molecule has 0 aliphatic carbocycles. The van der Waals surface area contributed by atoms with Crippen LogP contribution in [0.4, 0.5) is 0 Å². The molecule has 0 fully saturated rings. The van der Waals surface area contributed by atoms with Crippen LogP contribution in [0.5, 0.6) is 11.5 Å². The lowest BCUT2D eigenvalue weighted by molar-refractivity contribution is 0.0929. The molecule has 1 N–H and O–H groups in total. The van der Waals surface area contributed by atoms with Gasteiger partial charge in [-0.05, 0) is 61.4 Å². The average molecular weight is 542 g/mol. The van der Waals surface area contributed by atoms with E-state index in [4.69, 9.17) is 25.5 Å². The number of aryl methyl sites for hydroxylation is 1. The highest BCUT2D eigenvalue weighted by Crippen LogP contribution is 2.37. The zero-order valence-electron chi connectivity index (χ0n) is 18.6. The van der Waals surface area contributed by atoms with Crippen LogP contribution < -0.4 is 14.9 Å². The van der Waals surface area contributed by atoms with Crippen molar-refractivity contribution in [2.24, 2.45) is 5.10 Å². The van der Waals surface area contributed by atoms with Crippen LogP contribution in [0.25, 0.3) is 11.0 Å². The van der Waals surface area contributed by atoms with Crippen molar-refractivity contribution in [3.05, 3.63) is 92.6 Å². The molecule has 0 aliphatic rings. The smallest absolute Gasteiger partial charge is 0.307 e. The van der Waals surface area contributed by atoms with Gasteiger partial charge in [0.05, 0.1) is 17.8 Å². The van der Waals surface area contributed by atoms with Gasteiger partial charge in [0.1, 0.15) is 12.2 Å². The minimum atomic E-state index is -0.460. The van der Waals surface area contributed by atoms with Crippen molar-refractivity contribution in [3.63, 3.8) is 0 Å². The molecule has 8 heteroatoms. The van der Waals surface area contributed by atoms with Crippen molar-refractivity contribution in [2.45, 2.75) is 20.5 Å². The van der Waals surface area contributed by atoms with E-state index in [9.17, 15) is 4.79 Å². The summed E-state index contributed by atoms with van der Waals surface area (Å²) in [7, 11) is 0. The molecule has 1 aromatic heterocycles. The molecule has 4 rings (SSSR count). The number of carbonyl (C=O) groups is 1. The van der Waals surface area contributed by atoms with E-state index >= 15 is 0 Å². The van der Waals surface area contributed by atoms with E-state index in [0.29, 0.717) is 40.9 Å². The third-order valence-corrected chi connectivity index (χ3v) is 5.69. The van der Waals surface area contributed by atoms with Gasteiger partial charge in [0, 0.05) is 9.86 Å². The normalized spacial score (nSPS) is 11.2. The number of hydrogen-bond donors (Lipinski definition) is 1. The Morgan fingerprint density at radius 1 is 1.12 bits per heavy atom. The summed E-state index contributed by atoms with van der Waals surface area (Å²) in [6.07, 6.45) is 1.48. The van der Waals surface area contributed by atoms with Crippen molar-refractivity contribution in [1.82, 2.24) is 5.43 Å². The summed E-state index contributed by atoms with van der Waals surface area (Å²) in [5, 5.41) is 5.23. The number of halogens is 2. The lowest BCUT2D eigenvalue weighted by Gasteiger charge is -2.14. The van der Waals surface area contributed by atoms with Gasteiger partial charge < -0.3 is 13.9 Å². The van der Waals surface area contributed by atoms with Gasteiger partial charge in [-0.2, -0.15) is 5.10 Å². The third-order valence-electron chi connectivity index (χ3n) is 4.92. The molecule has 0 unspecified atom stereocenters. The van der Waals surface area contributed by atoms with Crippen LogP contribution in [0.15, 0.2) is 74.7 Å². The molecule has 1 heterocycles. The average Bonchev–Trinajstić information content (AvgIpc) is 3.23. The fourth-order valence-corrected chi connectivity index (χ4v) is 3.90. The van der Waals surface area contributed by atoms with Crippen molar-refractivity contribution in [3.8, 4) is 11.5 Å². The molecule has 4 aromatic rings. The topological polar surface area (TPSA) is 73.1 Å². The van der Waals surface area contributed by atoms with Gasteiger partial charge in [-0.25, -0.2) is 5.43 Å². The number of carbonyl (C=O) groups excluding carboxylic acids is 1. The maximum Gasteiger partial charge on any atom is 0.307 e. The summed E-state index contributed by atoms with van der Waals surface area (Å²) in [5.74, 6) is 0.660. The largest absolute Gasteiger partial charge is 0.490 e. The van der Waals surface area contributed by atoms with Crippen molar-refractivity contribution in [1.29, 1.82) is 0 Å². The Bertz CT molecular complexity index is 1350. The first-order valence-electron chi connectivity index (χ1n) is 10.6. The first-order chi connectivity index (χ1) is 16.4. The Hall–Kier alpha value is -3.29. The van der Waals surface area contributed by atoms with Gasteiger partial charge >= 0.3 is 5.91 Å². The number of nitrogens with one attached hydrogen (secondary N) is 1. The molecule has 1 amide bonds. The number of amides is 1. The monoisotopic (exact) mass is 540 g/mol. The molecule has 6 nitrogen and oxygen atoms in total. The van der Waals surface area contributed by atoms with E-state index < -0.39 is 5.91 Å². The Morgan fingerprint density at radius 2 is 1.91 bits per heavy atom. The molecule has 3 aromatic carbocycles. The highest BCUT2D eigenvalue weighted by molar-refractivity contribution is 9.10.